The molecule has 42 heavy (non-hydrogen) atoms. The van der Waals surface area contributed by atoms with E-state index in [0.29, 0.717) is 11.4 Å². The van der Waals surface area contributed by atoms with Crippen molar-refractivity contribution in [2.24, 2.45) is 0 Å². The first kappa shape index (κ1) is 28.3. The van der Waals surface area contributed by atoms with Crippen molar-refractivity contribution in [1.29, 1.82) is 0 Å². The average Bonchev–Trinajstić information content (AvgIpc) is 3.75. The lowest BCUT2D eigenvalue weighted by atomic mass is 9.98. The molecule has 2 heterocycles. The van der Waals surface area contributed by atoms with Gasteiger partial charge in [-0.3, -0.25) is 14.4 Å². The van der Waals surface area contributed by atoms with Gasteiger partial charge >= 0.3 is 0 Å². The fraction of sp³-hybridized carbons (Fsp3) is 0.364. The number of nitrogens with zero attached hydrogens (tertiary/aromatic N) is 1. The number of aryl methyl sites for hydroxylation is 1. The standard InChI is InChI=1S/C33H36N4O4S/c1-20-29(32(40)35-27-15-14-22-10-5-6-11-23(22)27)37(19-42-20)33(41)30(38)28(18-21-8-3-2-4-9-21)36-31(39)25-12-7-13-26-24(25)16-17-34-26/h2-13,20,27-30,34,38H,14-19H2,1H3,(H,35,40)(H,36,39)/t20?,27-,28-,29-,30-/m0/s1. The van der Waals surface area contributed by atoms with Crippen LogP contribution in [0.4, 0.5) is 5.69 Å². The van der Waals surface area contributed by atoms with Crippen molar-refractivity contribution >= 4 is 35.2 Å². The summed E-state index contributed by atoms with van der Waals surface area (Å²) in [6.07, 6.45) is 1.18. The zero-order valence-corrected chi connectivity index (χ0v) is 24.4. The Morgan fingerprint density at radius 1 is 1.02 bits per heavy atom. The molecule has 1 unspecified atom stereocenters. The number of rotatable bonds is 8. The maximum absolute atomic E-state index is 13.9. The molecule has 0 radical (unpaired) electrons. The molecule has 0 bridgehead atoms. The van der Waals surface area contributed by atoms with Crippen LogP contribution in [0.3, 0.4) is 0 Å². The van der Waals surface area contributed by atoms with Gasteiger partial charge in [-0.2, -0.15) is 0 Å². The van der Waals surface area contributed by atoms with Crippen LogP contribution >= 0.6 is 11.8 Å². The molecule has 1 saturated heterocycles. The van der Waals surface area contributed by atoms with Crippen molar-refractivity contribution in [2.75, 3.05) is 17.7 Å². The van der Waals surface area contributed by atoms with Gasteiger partial charge < -0.3 is 26.0 Å². The van der Waals surface area contributed by atoms with E-state index in [4.69, 9.17) is 0 Å². The summed E-state index contributed by atoms with van der Waals surface area (Å²) < 4.78 is 0. The number of aliphatic hydroxyl groups is 1. The van der Waals surface area contributed by atoms with Gasteiger partial charge in [0.1, 0.15) is 6.04 Å². The number of hydrogen-bond donors (Lipinski definition) is 4. The summed E-state index contributed by atoms with van der Waals surface area (Å²) in [4.78, 5) is 42.5. The molecule has 3 aromatic rings. The minimum Gasteiger partial charge on any atom is -0.384 e. The van der Waals surface area contributed by atoms with Crippen molar-refractivity contribution in [3.63, 3.8) is 0 Å². The molecule has 3 aromatic carbocycles. The van der Waals surface area contributed by atoms with Crippen molar-refractivity contribution in [2.45, 2.75) is 62.1 Å². The largest absolute Gasteiger partial charge is 0.384 e. The molecule has 8 nitrogen and oxygen atoms in total. The zero-order chi connectivity index (χ0) is 29.2. The Balaban J connectivity index is 1.21. The van der Waals surface area contributed by atoms with Gasteiger partial charge in [0.15, 0.2) is 6.10 Å². The fourth-order valence-electron chi connectivity index (χ4n) is 6.40. The van der Waals surface area contributed by atoms with E-state index in [-0.39, 0.29) is 29.5 Å². The lowest BCUT2D eigenvalue weighted by Crippen LogP contribution is -2.57. The van der Waals surface area contributed by atoms with E-state index < -0.39 is 24.1 Å². The molecule has 3 aliphatic rings. The highest BCUT2D eigenvalue weighted by atomic mass is 32.2. The van der Waals surface area contributed by atoms with Crippen molar-refractivity contribution in [3.05, 3.63) is 101 Å². The first-order valence-corrected chi connectivity index (χ1v) is 15.6. The summed E-state index contributed by atoms with van der Waals surface area (Å²) in [6.45, 7) is 2.69. The van der Waals surface area contributed by atoms with E-state index in [1.807, 2.05) is 67.6 Å². The smallest absolute Gasteiger partial charge is 0.254 e. The zero-order valence-electron chi connectivity index (χ0n) is 23.6. The molecule has 4 N–H and O–H groups in total. The monoisotopic (exact) mass is 584 g/mol. The topological polar surface area (TPSA) is 111 Å². The molecule has 0 spiro atoms. The summed E-state index contributed by atoms with van der Waals surface area (Å²) in [5.74, 6) is -0.812. The van der Waals surface area contributed by atoms with Gasteiger partial charge in [-0.05, 0) is 60.1 Å². The van der Waals surface area contributed by atoms with Crippen molar-refractivity contribution in [3.8, 4) is 0 Å². The molecule has 2 aliphatic heterocycles. The number of thioether (sulfide) groups is 1. The summed E-state index contributed by atoms with van der Waals surface area (Å²) in [6, 6.07) is 21.4. The second-order valence-electron chi connectivity index (χ2n) is 11.3. The molecule has 9 heteroatoms. The molecule has 0 aromatic heterocycles. The third-order valence-corrected chi connectivity index (χ3v) is 9.83. The molecule has 5 atom stereocenters. The summed E-state index contributed by atoms with van der Waals surface area (Å²) in [5, 5.41) is 20.8. The first-order chi connectivity index (χ1) is 20.4. The number of amides is 3. The number of carbonyl (C=O) groups is 3. The fourth-order valence-corrected chi connectivity index (χ4v) is 7.53. The van der Waals surface area contributed by atoms with Crippen molar-refractivity contribution in [1.82, 2.24) is 15.5 Å². The lowest BCUT2D eigenvalue weighted by molar-refractivity contribution is -0.146. The van der Waals surface area contributed by atoms with Crippen LogP contribution in [0, 0.1) is 0 Å². The van der Waals surface area contributed by atoms with Gasteiger partial charge in [0.05, 0.1) is 18.0 Å². The Labute approximate surface area is 250 Å². The van der Waals surface area contributed by atoms with E-state index in [0.717, 1.165) is 48.2 Å². The highest BCUT2D eigenvalue weighted by Crippen LogP contribution is 2.34. The van der Waals surface area contributed by atoms with Crippen LogP contribution in [0.5, 0.6) is 0 Å². The van der Waals surface area contributed by atoms with Crippen LogP contribution in [-0.2, 0) is 28.9 Å². The van der Waals surface area contributed by atoms with Gasteiger partial charge in [-0.1, -0.05) is 67.6 Å². The molecular weight excluding hydrogens is 548 g/mol. The number of carbonyl (C=O) groups excluding carboxylic acids is 3. The van der Waals surface area contributed by atoms with E-state index in [1.54, 1.807) is 6.07 Å². The van der Waals surface area contributed by atoms with Crippen molar-refractivity contribution < 1.29 is 19.5 Å². The molecule has 1 fully saturated rings. The van der Waals surface area contributed by atoms with Crippen LogP contribution in [0.25, 0.3) is 0 Å². The second kappa shape index (κ2) is 12.2. The Bertz CT molecular complexity index is 1480. The normalized spacial score (nSPS) is 22.0. The Morgan fingerprint density at radius 3 is 2.64 bits per heavy atom. The van der Waals surface area contributed by atoms with E-state index in [1.165, 1.54) is 22.2 Å². The first-order valence-electron chi connectivity index (χ1n) is 14.6. The molecule has 3 amide bonds. The number of aliphatic hydroxyl groups excluding tert-OH is 1. The van der Waals surface area contributed by atoms with Gasteiger partial charge in [0.25, 0.3) is 11.8 Å². The Morgan fingerprint density at radius 2 is 1.81 bits per heavy atom. The second-order valence-corrected chi connectivity index (χ2v) is 12.6. The van der Waals surface area contributed by atoms with Crippen LogP contribution in [-0.4, -0.2) is 63.6 Å². The molecular formula is C33H36N4O4S. The number of fused-ring (bicyclic) bond motifs is 2. The Hall–Kier alpha value is -3.82. The van der Waals surface area contributed by atoms with E-state index in [2.05, 4.69) is 22.0 Å². The third-order valence-electron chi connectivity index (χ3n) is 8.62. The number of benzene rings is 3. The maximum Gasteiger partial charge on any atom is 0.254 e. The average molecular weight is 585 g/mol. The van der Waals surface area contributed by atoms with Crippen LogP contribution in [0.1, 0.15) is 52.0 Å². The van der Waals surface area contributed by atoms with Crippen LogP contribution in [0.15, 0.2) is 72.8 Å². The quantitative estimate of drug-likeness (QED) is 0.323. The molecule has 1 aliphatic carbocycles. The minimum atomic E-state index is -1.53. The maximum atomic E-state index is 13.9. The lowest BCUT2D eigenvalue weighted by Gasteiger charge is -2.31. The highest BCUT2D eigenvalue weighted by molar-refractivity contribution is 8.00. The summed E-state index contributed by atoms with van der Waals surface area (Å²) in [7, 11) is 0. The predicted octanol–water partition coefficient (Wildman–Crippen LogP) is 3.45. The molecule has 0 saturated carbocycles. The van der Waals surface area contributed by atoms with Gasteiger partial charge in [-0.25, -0.2) is 0 Å². The number of anilines is 1. The van der Waals surface area contributed by atoms with Gasteiger partial charge in [0, 0.05) is 23.0 Å². The third kappa shape index (κ3) is 5.63. The molecule has 6 rings (SSSR count). The highest BCUT2D eigenvalue weighted by Gasteiger charge is 2.44. The molecule has 218 valence electrons. The van der Waals surface area contributed by atoms with Crippen LogP contribution in [0.2, 0.25) is 0 Å². The number of nitrogens with one attached hydrogen (secondary N) is 3. The van der Waals surface area contributed by atoms with Gasteiger partial charge in [0.2, 0.25) is 5.91 Å². The summed E-state index contributed by atoms with van der Waals surface area (Å²) >= 11 is 1.51. The SMILES string of the molecule is CC1SCN(C(=O)[C@@H](O)[C@H](Cc2ccccc2)NC(=O)c2cccc3c2CCN3)[C@@H]1C(=O)N[C@H]1CCc2ccccc21. The van der Waals surface area contributed by atoms with Crippen LogP contribution < -0.4 is 16.0 Å². The van der Waals surface area contributed by atoms with Gasteiger partial charge in [-0.15, -0.1) is 11.8 Å². The van der Waals surface area contributed by atoms with E-state index >= 15 is 0 Å². The predicted molar refractivity (Wildman–Crippen MR) is 164 cm³/mol. The number of hydrogen-bond acceptors (Lipinski definition) is 6. The summed E-state index contributed by atoms with van der Waals surface area (Å²) in [5.41, 5.74) is 5.64. The Kier molecular flexibility index (Phi) is 8.22. The minimum absolute atomic E-state index is 0.0967. The van der Waals surface area contributed by atoms with E-state index in [9.17, 15) is 19.5 Å².